The molecule has 18 heavy (non-hydrogen) atoms. The van der Waals surface area contributed by atoms with Crippen LogP contribution < -0.4 is 0 Å². The molecule has 3 unspecified atom stereocenters. The second kappa shape index (κ2) is 6.18. The van der Waals surface area contributed by atoms with Crippen LogP contribution in [0.1, 0.15) is 38.4 Å². The van der Waals surface area contributed by atoms with Gasteiger partial charge in [-0.1, -0.05) is 41.1 Å². The first-order valence-electron chi connectivity index (χ1n) is 6.74. The predicted molar refractivity (Wildman–Crippen MR) is 78.5 cm³/mol. The largest absolute Gasteiger partial charge is 0.388 e. The third kappa shape index (κ3) is 3.34. The molecule has 0 aromatic heterocycles. The van der Waals surface area contributed by atoms with Gasteiger partial charge in [0.2, 0.25) is 0 Å². The minimum Gasteiger partial charge on any atom is -0.388 e. The molecule has 0 saturated carbocycles. The van der Waals surface area contributed by atoms with Gasteiger partial charge in [0.05, 0.1) is 6.10 Å². The first kappa shape index (κ1) is 14.0. The molecule has 3 atom stereocenters. The molecule has 1 aliphatic heterocycles. The number of aliphatic hydroxyl groups excluding tert-OH is 1. The Bertz CT molecular complexity index is 396. The van der Waals surface area contributed by atoms with Crippen LogP contribution in [0.2, 0.25) is 0 Å². The quantitative estimate of drug-likeness (QED) is 0.918. The van der Waals surface area contributed by atoms with Crippen LogP contribution >= 0.6 is 15.9 Å². The number of hydrogen-bond donors (Lipinski definition) is 1. The van der Waals surface area contributed by atoms with Gasteiger partial charge in [-0.15, -0.1) is 0 Å². The lowest BCUT2D eigenvalue weighted by Crippen LogP contribution is -2.29. The van der Waals surface area contributed by atoms with Crippen molar-refractivity contribution in [2.45, 2.75) is 38.8 Å². The molecule has 100 valence electrons. The van der Waals surface area contributed by atoms with Crippen LogP contribution in [0.5, 0.6) is 0 Å². The Kier molecular flexibility index (Phi) is 4.82. The number of nitrogens with zero attached hydrogens (tertiary/aromatic N) is 1. The number of hydrogen-bond acceptors (Lipinski definition) is 2. The van der Waals surface area contributed by atoms with Gasteiger partial charge in [-0.25, -0.2) is 0 Å². The van der Waals surface area contributed by atoms with Crippen molar-refractivity contribution < 1.29 is 5.11 Å². The molecule has 2 nitrogen and oxygen atoms in total. The van der Waals surface area contributed by atoms with E-state index in [1.54, 1.807) is 0 Å². The van der Waals surface area contributed by atoms with Crippen LogP contribution in [-0.4, -0.2) is 29.1 Å². The summed E-state index contributed by atoms with van der Waals surface area (Å²) < 4.78 is 1.00. The van der Waals surface area contributed by atoms with Crippen LogP contribution in [0, 0.1) is 5.92 Å². The average Bonchev–Trinajstić information content (AvgIpc) is 2.65. The number of benzene rings is 1. The van der Waals surface area contributed by atoms with Gasteiger partial charge in [0.1, 0.15) is 0 Å². The molecule has 3 heteroatoms. The molecule has 2 rings (SSSR count). The van der Waals surface area contributed by atoms with Crippen molar-refractivity contribution in [2.75, 3.05) is 13.1 Å². The Morgan fingerprint density at radius 2 is 2.11 bits per heavy atom. The Morgan fingerprint density at radius 3 is 2.72 bits per heavy atom. The minimum atomic E-state index is -0.372. The molecule has 1 aromatic carbocycles. The maximum absolute atomic E-state index is 10.3. The van der Waals surface area contributed by atoms with E-state index in [4.69, 9.17) is 0 Å². The van der Waals surface area contributed by atoms with E-state index in [0.717, 1.165) is 28.9 Å². The lowest BCUT2D eigenvalue weighted by molar-refractivity contribution is 0.139. The maximum Gasteiger partial charge on any atom is 0.0813 e. The van der Waals surface area contributed by atoms with Gasteiger partial charge < -0.3 is 10.0 Å². The highest BCUT2D eigenvalue weighted by atomic mass is 79.9. The summed E-state index contributed by atoms with van der Waals surface area (Å²) in [5, 5.41) is 10.3. The summed E-state index contributed by atoms with van der Waals surface area (Å²) in [4.78, 5) is 2.49. The van der Waals surface area contributed by atoms with Crippen molar-refractivity contribution >= 4 is 15.9 Å². The van der Waals surface area contributed by atoms with E-state index in [1.807, 2.05) is 24.3 Å². The highest BCUT2D eigenvalue weighted by Crippen LogP contribution is 2.27. The summed E-state index contributed by atoms with van der Waals surface area (Å²) in [6, 6.07) is 8.59. The average molecular weight is 312 g/mol. The molecule has 1 saturated heterocycles. The summed E-state index contributed by atoms with van der Waals surface area (Å²) in [6.07, 6.45) is 1.72. The zero-order valence-electron chi connectivity index (χ0n) is 11.1. The van der Waals surface area contributed by atoms with Crippen molar-refractivity contribution in [3.05, 3.63) is 34.3 Å². The van der Waals surface area contributed by atoms with Crippen molar-refractivity contribution in [1.82, 2.24) is 4.90 Å². The van der Waals surface area contributed by atoms with Gasteiger partial charge in [0.15, 0.2) is 0 Å². The minimum absolute atomic E-state index is 0.372. The lowest BCUT2D eigenvalue weighted by Gasteiger charge is -2.23. The van der Waals surface area contributed by atoms with E-state index in [-0.39, 0.29) is 6.10 Å². The van der Waals surface area contributed by atoms with Gasteiger partial charge in [-0.2, -0.15) is 0 Å². The first-order chi connectivity index (χ1) is 8.58. The fourth-order valence-corrected chi connectivity index (χ4v) is 3.44. The molecule has 1 aromatic rings. The van der Waals surface area contributed by atoms with E-state index in [0.29, 0.717) is 6.04 Å². The molecule has 0 radical (unpaired) electrons. The zero-order valence-corrected chi connectivity index (χ0v) is 12.7. The lowest BCUT2D eigenvalue weighted by atomic mass is 10.1. The van der Waals surface area contributed by atoms with Crippen LogP contribution in [0.4, 0.5) is 0 Å². The van der Waals surface area contributed by atoms with Crippen LogP contribution in [0.15, 0.2) is 28.7 Å². The molecule has 1 aliphatic rings. The van der Waals surface area contributed by atoms with Crippen molar-refractivity contribution in [3.63, 3.8) is 0 Å². The molecule has 0 bridgehead atoms. The Balaban J connectivity index is 1.89. The molecular weight excluding hydrogens is 290 g/mol. The summed E-state index contributed by atoms with van der Waals surface area (Å²) in [5.41, 5.74) is 0.998. The van der Waals surface area contributed by atoms with Crippen LogP contribution in [-0.2, 0) is 0 Å². The van der Waals surface area contributed by atoms with Crippen molar-refractivity contribution in [2.24, 2.45) is 5.92 Å². The number of rotatable bonds is 4. The van der Waals surface area contributed by atoms with Gasteiger partial charge in [-0.05, 0) is 37.3 Å². The maximum atomic E-state index is 10.3. The fraction of sp³-hybridized carbons (Fsp3) is 0.600. The standard InChI is InChI=1S/C15H22BrNO/c1-11-9-12(2)17(10-11)8-7-15(18)13-5-3-4-6-14(13)16/h3-6,11-12,15,18H,7-10H2,1-2H3. The van der Waals surface area contributed by atoms with Crippen LogP contribution in [0.3, 0.4) is 0 Å². The fourth-order valence-electron chi connectivity index (χ4n) is 2.89. The summed E-state index contributed by atoms with van der Waals surface area (Å²) in [7, 11) is 0. The van der Waals surface area contributed by atoms with Gasteiger partial charge in [0.25, 0.3) is 0 Å². The van der Waals surface area contributed by atoms with E-state index >= 15 is 0 Å². The number of halogens is 1. The van der Waals surface area contributed by atoms with Crippen molar-refractivity contribution in [1.29, 1.82) is 0 Å². The van der Waals surface area contributed by atoms with E-state index in [9.17, 15) is 5.11 Å². The van der Waals surface area contributed by atoms with Crippen molar-refractivity contribution in [3.8, 4) is 0 Å². The van der Waals surface area contributed by atoms with E-state index in [2.05, 4.69) is 34.7 Å². The third-order valence-corrected chi connectivity index (χ3v) is 4.59. The molecule has 0 spiro atoms. The monoisotopic (exact) mass is 311 g/mol. The Morgan fingerprint density at radius 1 is 1.39 bits per heavy atom. The molecule has 0 aliphatic carbocycles. The second-order valence-electron chi connectivity index (χ2n) is 5.51. The molecular formula is C15H22BrNO. The first-order valence-corrected chi connectivity index (χ1v) is 7.53. The zero-order chi connectivity index (χ0) is 13.1. The third-order valence-electron chi connectivity index (χ3n) is 3.87. The van der Waals surface area contributed by atoms with Crippen LogP contribution in [0.25, 0.3) is 0 Å². The summed E-state index contributed by atoms with van der Waals surface area (Å²) in [5.74, 6) is 0.792. The highest BCUT2D eigenvalue weighted by molar-refractivity contribution is 9.10. The predicted octanol–water partition coefficient (Wildman–Crippen LogP) is 3.60. The number of likely N-dealkylation sites (tertiary alicyclic amines) is 1. The van der Waals surface area contributed by atoms with Gasteiger partial charge >= 0.3 is 0 Å². The molecule has 1 N–H and O–H groups in total. The molecule has 0 amide bonds. The molecule has 1 fully saturated rings. The van der Waals surface area contributed by atoms with Gasteiger partial charge in [-0.3, -0.25) is 0 Å². The second-order valence-corrected chi connectivity index (χ2v) is 6.37. The normalized spacial score (nSPS) is 26.4. The topological polar surface area (TPSA) is 23.5 Å². The summed E-state index contributed by atoms with van der Waals surface area (Å²) in [6.45, 7) is 6.74. The highest BCUT2D eigenvalue weighted by Gasteiger charge is 2.26. The Labute approximate surface area is 118 Å². The SMILES string of the molecule is CC1CC(C)N(CCC(O)c2ccccc2Br)C1. The Hall–Kier alpha value is -0.380. The van der Waals surface area contributed by atoms with Gasteiger partial charge in [0, 0.05) is 23.6 Å². The smallest absolute Gasteiger partial charge is 0.0813 e. The number of aliphatic hydroxyl groups is 1. The van der Waals surface area contributed by atoms with E-state index in [1.165, 1.54) is 13.0 Å². The summed E-state index contributed by atoms with van der Waals surface area (Å²) >= 11 is 3.50. The van der Waals surface area contributed by atoms with E-state index < -0.39 is 0 Å². The molecule has 1 heterocycles.